The van der Waals surface area contributed by atoms with Crippen LogP contribution >= 0.6 is 0 Å². The van der Waals surface area contributed by atoms with E-state index in [0.717, 1.165) is 12.6 Å². The number of unbranched alkanes of at least 4 members (excludes halogenated alkanes) is 1. The van der Waals surface area contributed by atoms with Crippen molar-refractivity contribution in [2.45, 2.75) is 25.9 Å². The van der Waals surface area contributed by atoms with E-state index in [2.05, 4.69) is 4.40 Å². The zero-order valence-electron chi connectivity index (χ0n) is 10.5. The van der Waals surface area contributed by atoms with Crippen LogP contribution < -0.4 is 0 Å². The molecule has 1 aromatic rings. The Kier molecular flexibility index (Phi) is 5.94. The van der Waals surface area contributed by atoms with Gasteiger partial charge in [0.25, 0.3) is 0 Å². The Morgan fingerprint density at radius 1 is 1.25 bits per heavy atom. The van der Waals surface area contributed by atoms with Crippen LogP contribution in [0.15, 0.2) is 16.5 Å². The number of hydrogen-bond donors (Lipinski definition) is 0. The molecule has 1 rings (SSSR count). The first-order valence-corrected chi connectivity index (χ1v) is 7.02. The Hall–Kier alpha value is -1.15. The van der Waals surface area contributed by atoms with Crippen LogP contribution in [-0.4, -0.2) is 16.5 Å². The van der Waals surface area contributed by atoms with E-state index in [0.29, 0.717) is 12.5 Å². The summed E-state index contributed by atoms with van der Waals surface area (Å²) in [7, 11) is 0. The monoisotopic (exact) mass is 313 g/mol. The van der Waals surface area contributed by atoms with Gasteiger partial charge in [-0.15, -0.1) is 0 Å². The van der Waals surface area contributed by atoms with Gasteiger partial charge in [0.2, 0.25) is 0 Å². The molecule has 8 heteroatoms. The van der Waals surface area contributed by atoms with Gasteiger partial charge >= 0.3 is 6.18 Å². The molecule has 0 heterocycles. The van der Waals surface area contributed by atoms with Gasteiger partial charge in [0.1, 0.15) is 17.4 Å². The van der Waals surface area contributed by atoms with Crippen molar-refractivity contribution < 1.29 is 26.5 Å². The van der Waals surface area contributed by atoms with Gasteiger partial charge < -0.3 is 4.55 Å². The summed E-state index contributed by atoms with van der Waals surface area (Å²) in [5.74, 6) is -2.60. The molecule has 20 heavy (non-hydrogen) atoms. The molecule has 0 saturated carbocycles. The zero-order chi connectivity index (χ0) is 15.3. The number of benzene rings is 1. The first-order valence-electron chi connectivity index (χ1n) is 5.74. The molecule has 1 atom stereocenters. The van der Waals surface area contributed by atoms with Crippen LogP contribution in [0, 0.1) is 11.6 Å². The van der Waals surface area contributed by atoms with Gasteiger partial charge in [-0.1, -0.05) is 17.7 Å². The molecule has 0 radical (unpaired) electrons. The lowest BCUT2D eigenvalue weighted by atomic mass is 10.1. The lowest BCUT2D eigenvalue weighted by Gasteiger charge is -2.09. The molecule has 0 aliphatic carbocycles. The van der Waals surface area contributed by atoms with Gasteiger partial charge in [0.15, 0.2) is 0 Å². The average molecular weight is 313 g/mol. The Bertz CT molecular complexity index is 489. The molecule has 0 aliphatic rings. The Morgan fingerprint density at radius 2 is 1.90 bits per heavy atom. The maximum absolute atomic E-state index is 13.4. The molecule has 0 spiro atoms. The molecule has 0 amide bonds. The van der Waals surface area contributed by atoms with Crippen molar-refractivity contribution in [1.29, 1.82) is 0 Å². The summed E-state index contributed by atoms with van der Waals surface area (Å²) in [4.78, 5) is 0. The lowest BCUT2D eigenvalue weighted by Crippen LogP contribution is -2.10. The molecule has 0 aromatic heterocycles. The predicted octanol–water partition coefficient (Wildman–Crippen LogP) is 3.87. The molecular formula is C12H12F5NOS. The van der Waals surface area contributed by atoms with E-state index in [1.165, 1.54) is 0 Å². The second-order valence-electron chi connectivity index (χ2n) is 3.96. The highest BCUT2D eigenvalue weighted by molar-refractivity contribution is 7.90. The summed E-state index contributed by atoms with van der Waals surface area (Å²) in [6, 6.07) is 0.449. The number of hydrogen-bond acceptors (Lipinski definition) is 2. The molecule has 112 valence electrons. The Balaban J connectivity index is 2.93. The largest absolute Gasteiger partial charge is 0.591 e. The minimum Gasteiger partial charge on any atom is -0.591 e. The highest BCUT2D eigenvalue weighted by atomic mass is 32.2. The molecular weight excluding hydrogens is 301 g/mol. The molecule has 0 aliphatic heterocycles. The van der Waals surface area contributed by atoms with Crippen molar-refractivity contribution in [3.63, 3.8) is 0 Å². The second kappa shape index (κ2) is 7.03. The summed E-state index contributed by atoms with van der Waals surface area (Å²) in [6.07, 6.45) is -2.74. The molecule has 2 nitrogen and oxygen atoms in total. The highest BCUT2D eigenvalue weighted by Crippen LogP contribution is 2.32. The average Bonchev–Trinajstić information content (AvgIpc) is 2.35. The van der Waals surface area contributed by atoms with E-state index < -0.39 is 40.3 Å². The van der Waals surface area contributed by atoms with Crippen LogP contribution in [0.5, 0.6) is 0 Å². The zero-order valence-corrected chi connectivity index (χ0v) is 11.3. The topological polar surface area (TPSA) is 35.4 Å². The molecule has 1 aromatic carbocycles. The van der Waals surface area contributed by atoms with Crippen LogP contribution in [0.25, 0.3) is 0 Å². The lowest BCUT2D eigenvalue weighted by molar-refractivity contribution is -0.140. The predicted molar refractivity (Wildman–Crippen MR) is 66.9 cm³/mol. The fourth-order valence-corrected chi connectivity index (χ4v) is 2.19. The van der Waals surface area contributed by atoms with Crippen molar-refractivity contribution in [2.24, 2.45) is 4.40 Å². The third kappa shape index (κ3) is 4.75. The maximum Gasteiger partial charge on any atom is 0.419 e. The van der Waals surface area contributed by atoms with Gasteiger partial charge in [-0.25, -0.2) is 8.78 Å². The second-order valence-corrected chi connectivity index (χ2v) is 5.23. The Labute approximate surface area is 116 Å². The highest BCUT2D eigenvalue weighted by Gasteiger charge is 2.35. The summed E-state index contributed by atoms with van der Waals surface area (Å²) in [6.45, 7) is 1.88. The van der Waals surface area contributed by atoms with E-state index in [1.54, 1.807) is 0 Å². The fourth-order valence-electron chi connectivity index (χ4n) is 1.31. The maximum atomic E-state index is 13.4. The fraction of sp³-hybridized carbons (Fsp3) is 0.417. The third-order valence-electron chi connectivity index (χ3n) is 2.37. The smallest absolute Gasteiger partial charge is 0.419 e. The van der Waals surface area contributed by atoms with E-state index in [1.807, 2.05) is 6.92 Å². The van der Waals surface area contributed by atoms with E-state index >= 15 is 0 Å². The normalized spacial score (nSPS) is 13.9. The van der Waals surface area contributed by atoms with E-state index in [4.69, 9.17) is 0 Å². The minimum atomic E-state index is -4.97. The number of nitrogens with zero attached hydrogens (tertiary/aromatic N) is 1. The van der Waals surface area contributed by atoms with Crippen molar-refractivity contribution >= 4 is 17.6 Å². The quantitative estimate of drug-likeness (QED) is 0.462. The van der Waals surface area contributed by atoms with Crippen molar-refractivity contribution in [2.75, 3.05) is 5.75 Å². The summed E-state index contributed by atoms with van der Waals surface area (Å²) in [5, 5.41) is 0. The van der Waals surface area contributed by atoms with Gasteiger partial charge in [-0.05, 0) is 18.6 Å². The molecule has 0 saturated heterocycles. The van der Waals surface area contributed by atoms with Crippen LogP contribution in [-0.2, 0) is 17.5 Å². The minimum absolute atomic E-state index is 0.0612. The molecule has 1 unspecified atom stereocenters. The third-order valence-corrected chi connectivity index (χ3v) is 3.35. The first kappa shape index (κ1) is 16.9. The summed E-state index contributed by atoms with van der Waals surface area (Å²) in [5.41, 5.74) is -2.15. The standard InChI is InChI=1S/C12H12F5NOS/c1-2-3-4-20(19)18-7-8-5-11(14)9(6-10(8)13)12(15,16)17/h5-7H,2-4H2,1H3. The number of alkyl halides is 3. The molecule has 0 fully saturated rings. The number of rotatable bonds is 5. The molecule has 0 bridgehead atoms. The SMILES string of the molecule is CCCC[S+]([O-])N=Cc1cc(F)c(C(F)(F)F)cc1F. The number of halogens is 5. The molecule has 0 N–H and O–H groups in total. The summed E-state index contributed by atoms with van der Waals surface area (Å²) < 4.78 is 78.4. The van der Waals surface area contributed by atoms with Crippen LogP contribution in [0.4, 0.5) is 22.0 Å². The van der Waals surface area contributed by atoms with Crippen molar-refractivity contribution in [3.8, 4) is 0 Å². The van der Waals surface area contributed by atoms with Gasteiger partial charge in [-0.2, -0.15) is 13.2 Å². The van der Waals surface area contributed by atoms with Gasteiger partial charge in [-0.3, -0.25) is 0 Å². The van der Waals surface area contributed by atoms with Crippen LogP contribution in [0.1, 0.15) is 30.9 Å². The first-order chi connectivity index (χ1) is 9.25. The Morgan fingerprint density at radius 3 is 2.45 bits per heavy atom. The summed E-state index contributed by atoms with van der Waals surface area (Å²) >= 11 is -1.60. The van der Waals surface area contributed by atoms with E-state index in [-0.39, 0.29) is 11.8 Å². The van der Waals surface area contributed by atoms with Crippen LogP contribution in [0.2, 0.25) is 0 Å². The van der Waals surface area contributed by atoms with Crippen molar-refractivity contribution in [1.82, 2.24) is 0 Å². The van der Waals surface area contributed by atoms with Gasteiger partial charge in [0.05, 0.1) is 23.1 Å². The van der Waals surface area contributed by atoms with E-state index in [9.17, 15) is 26.5 Å². The van der Waals surface area contributed by atoms with Crippen LogP contribution in [0.3, 0.4) is 0 Å². The van der Waals surface area contributed by atoms with Gasteiger partial charge in [0, 0.05) is 5.56 Å². The van der Waals surface area contributed by atoms with Crippen molar-refractivity contribution in [3.05, 3.63) is 34.9 Å².